The molecule has 1 aromatic heterocycles. The molecule has 1 aliphatic heterocycles. The fourth-order valence-corrected chi connectivity index (χ4v) is 5.86. The molecule has 2 heterocycles. The fraction of sp³-hybridized carbons (Fsp3) is 0.222. The third kappa shape index (κ3) is 5.85. The summed E-state index contributed by atoms with van der Waals surface area (Å²) in [5.74, 6) is -0.0542. The van der Waals surface area contributed by atoms with Crippen LogP contribution >= 0.6 is 23.1 Å². The average molecular weight is 521 g/mol. The van der Waals surface area contributed by atoms with Gasteiger partial charge >= 0.3 is 0 Å². The molecule has 36 heavy (non-hydrogen) atoms. The minimum absolute atomic E-state index is 0.0457. The Morgan fingerprint density at radius 1 is 0.972 bits per heavy atom. The van der Waals surface area contributed by atoms with Gasteiger partial charge in [-0.15, -0.1) is 11.3 Å². The summed E-state index contributed by atoms with van der Waals surface area (Å²) in [6, 6.07) is 20.2. The van der Waals surface area contributed by atoms with E-state index in [1.807, 2.05) is 52.7 Å². The quantitative estimate of drug-likeness (QED) is 0.345. The smallest absolute Gasteiger partial charge is 0.234 e. The van der Waals surface area contributed by atoms with Gasteiger partial charge in [-0.05, 0) is 35.7 Å². The van der Waals surface area contributed by atoms with Crippen molar-refractivity contribution in [2.45, 2.75) is 10.8 Å². The minimum Gasteiger partial charge on any atom is -0.368 e. The fourth-order valence-electron chi connectivity index (χ4n) is 4.22. The van der Waals surface area contributed by atoms with Gasteiger partial charge in [0.25, 0.3) is 0 Å². The average Bonchev–Trinajstić information content (AvgIpc) is 3.35. The lowest BCUT2D eigenvalue weighted by Gasteiger charge is -2.36. The van der Waals surface area contributed by atoms with E-state index in [1.165, 1.54) is 35.2 Å². The molecule has 0 saturated carbocycles. The van der Waals surface area contributed by atoms with Crippen LogP contribution in [0.5, 0.6) is 0 Å². The number of carbonyl (C=O) groups is 2. The molecule has 1 saturated heterocycles. The van der Waals surface area contributed by atoms with Crippen LogP contribution in [0.1, 0.15) is 5.69 Å². The summed E-state index contributed by atoms with van der Waals surface area (Å²) in [6.07, 6.45) is 0.246. The molecule has 0 bridgehead atoms. The second kappa shape index (κ2) is 11.1. The van der Waals surface area contributed by atoms with Crippen molar-refractivity contribution in [1.29, 1.82) is 0 Å². The predicted octanol–water partition coefficient (Wildman–Crippen LogP) is 5.06. The Morgan fingerprint density at radius 3 is 2.53 bits per heavy atom. The zero-order valence-corrected chi connectivity index (χ0v) is 21.2. The normalized spacial score (nSPS) is 13.7. The van der Waals surface area contributed by atoms with E-state index < -0.39 is 0 Å². The Hall–Kier alpha value is -3.43. The van der Waals surface area contributed by atoms with Crippen LogP contribution in [-0.2, 0) is 16.0 Å². The molecule has 0 aliphatic carbocycles. The van der Waals surface area contributed by atoms with Gasteiger partial charge in [-0.25, -0.2) is 9.37 Å². The van der Waals surface area contributed by atoms with Crippen LogP contribution in [0.2, 0.25) is 0 Å². The second-order valence-corrected chi connectivity index (χ2v) is 10.6. The molecular weight excluding hydrogens is 495 g/mol. The number of hydrogen-bond donors (Lipinski definition) is 1. The first-order chi connectivity index (χ1) is 17.5. The number of hydrogen-bond acceptors (Lipinski definition) is 6. The van der Waals surface area contributed by atoms with E-state index in [9.17, 15) is 14.0 Å². The Balaban J connectivity index is 1.09. The number of rotatable bonds is 7. The van der Waals surface area contributed by atoms with Crippen molar-refractivity contribution in [1.82, 2.24) is 9.88 Å². The number of piperazine rings is 1. The number of thiazole rings is 1. The lowest BCUT2D eigenvalue weighted by Crippen LogP contribution is -2.49. The van der Waals surface area contributed by atoms with Gasteiger partial charge in [0.2, 0.25) is 11.8 Å². The van der Waals surface area contributed by atoms with E-state index in [1.54, 1.807) is 12.1 Å². The van der Waals surface area contributed by atoms with Gasteiger partial charge in [0.15, 0.2) is 4.34 Å². The van der Waals surface area contributed by atoms with Crippen molar-refractivity contribution < 1.29 is 14.0 Å². The lowest BCUT2D eigenvalue weighted by molar-refractivity contribution is -0.130. The van der Waals surface area contributed by atoms with Crippen LogP contribution in [0.15, 0.2) is 76.4 Å². The number of amides is 2. The number of fused-ring (bicyclic) bond motifs is 1. The number of nitrogens with one attached hydrogen (secondary N) is 1. The summed E-state index contributed by atoms with van der Waals surface area (Å²) < 4.78 is 13.9. The van der Waals surface area contributed by atoms with Crippen molar-refractivity contribution in [2.24, 2.45) is 0 Å². The minimum atomic E-state index is -0.251. The van der Waals surface area contributed by atoms with Crippen LogP contribution in [0, 0.1) is 5.82 Å². The highest BCUT2D eigenvalue weighted by molar-refractivity contribution is 8.01. The van der Waals surface area contributed by atoms with Gasteiger partial charge in [-0.2, -0.15) is 0 Å². The Kier molecular flexibility index (Phi) is 7.48. The van der Waals surface area contributed by atoms with E-state index >= 15 is 0 Å². The van der Waals surface area contributed by atoms with Gasteiger partial charge in [-0.3, -0.25) is 9.59 Å². The first-order valence-electron chi connectivity index (χ1n) is 11.7. The molecule has 0 atom stereocenters. The summed E-state index contributed by atoms with van der Waals surface area (Å²) in [5.41, 5.74) is 2.49. The molecule has 0 radical (unpaired) electrons. The topological polar surface area (TPSA) is 65.5 Å². The maximum absolute atomic E-state index is 13.2. The number of halogens is 1. The number of thioether (sulfide) groups is 1. The van der Waals surface area contributed by atoms with Gasteiger partial charge < -0.3 is 15.1 Å². The summed E-state index contributed by atoms with van der Waals surface area (Å²) >= 11 is 2.82. The highest BCUT2D eigenvalue weighted by Gasteiger charge is 2.22. The monoisotopic (exact) mass is 520 g/mol. The van der Waals surface area contributed by atoms with Crippen LogP contribution in [-0.4, -0.2) is 53.6 Å². The SMILES string of the molecule is O=C(CSc1nc(CC(=O)N2CCN(c3ccc(F)cc3)CC2)cs1)Nc1cccc2ccccc12. The third-order valence-corrected chi connectivity index (χ3v) is 8.15. The van der Waals surface area contributed by atoms with Crippen molar-refractivity contribution >= 4 is 57.1 Å². The van der Waals surface area contributed by atoms with Gasteiger partial charge in [0, 0.05) is 48.3 Å². The summed E-state index contributed by atoms with van der Waals surface area (Å²) in [6.45, 7) is 2.66. The maximum Gasteiger partial charge on any atom is 0.234 e. The highest BCUT2D eigenvalue weighted by Crippen LogP contribution is 2.26. The summed E-state index contributed by atoms with van der Waals surface area (Å²) in [5, 5.41) is 6.96. The molecule has 6 nitrogen and oxygen atoms in total. The Morgan fingerprint density at radius 2 is 1.72 bits per heavy atom. The van der Waals surface area contributed by atoms with E-state index in [4.69, 9.17) is 0 Å². The first kappa shape index (κ1) is 24.3. The molecular formula is C27H25FN4O2S2. The first-order valence-corrected chi connectivity index (χ1v) is 13.5. The molecule has 0 unspecified atom stereocenters. The number of anilines is 2. The van der Waals surface area contributed by atoms with Crippen molar-refractivity contribution in [3.63, 3.8) is 0 Å². The summed E-state index contributed by atoms with van der Waals surface area (Å²) in [4.78, 5) is 33.9. The molecule has 184 valence electrons. The molecule has 1 aliphatic rings. The van der Waals surface area contributed by atoms with Crippen LogP contribution in [0.3, 0.4) is 0 Å². The molecule has 1 fully saturated rings. The van der Waals surface area contributed by atoms with E-state index in [0.29, 0.717) is 26.2 Å². The number of carbonyl (C=O) groups excluding carboxylic acids is 2. The molecule has 0 spiro atoms. The van der Waals surface area contributed by atoms with Crippen molar-refractivity contribution in [3.8, 4) is 0 Å². The molecule has 9 heteroatoms. The van der Waals surface area contributed by atoms with Gasteiger partial charge in [0.05, 0.1) is 17.9 Å². The molecule has 5 rings (SSSR count). The van der Waals surface area contributed by atoms with Crippen molar-refractivity contribution in [3.05, 3.63) is 83.6 Å². The van der Waals surface area contributed by atoms with E-state index in [0.717, 1.165) is 32.2 Å². The number of aromatic nitrogens is 1. The maximum atomic E-state index is 13.2. The zero-order chi connectivity index (χ0) is 24.9. The summed E-state index contributed by atoms with van der Waals surface area (Å²) in [7, 11) is 0. The van der Waals surface area contributed by atoms with E-state index in [2.05, 4.69) is 15.2 Å². The van der Waals surface area contributed by atoms with Gasteiger partial charge in [-0.1, -0.05) is 48.2 Å². The zero-order valence-electron chi connectivity index (χ0n) is 19.5. The molecule has 1 N–H and O–H groups in total. The predicted molar refractivity (Wildman–Crippen MR) is 144 cm³/mol. The van der Waals surface area contributed by atoms with E-state index in [-0.39, 0.29) is 29.8 Å². The Bertz CT molecular complexity index is 1360. The van der Waals surface area contributed by atoms with Crippen molar-refractivity contribution in [2.75, 3.05) is 42.1 Å². The molecule has 4 aromatic rings. The number of benzene rings is 3. The largest absolute Gasteiger partial charge is 0.368 e. The highest BCUT2D eigenvalue weighted by atomic mass is 32.2. The Labute approximate surface area is 217 Å². The van der Waals surface area contributed by atoms with Crippen LogP contribution < -0.4 is 10.2 Å². The number of nitrogens with zero attached hydrogens (tertiary/aromatic N) is 3. The molecule has 2 amide bonds. The third-order valence-electron chi connectivity index (χ3n) is 6.08. The van der Waals surface area contributed by atoms with Crippen LogP contribution in [0.4, 0.5) is 15.8 Å². The second-order valence-electron chi connectivity index (χ2n) is 8.49. The molecule has 3 aromatic carbocycles. The van der Waals surface area contributed by atoms with Gasteiger partial charge in [0.1, 0.15) is 5.82 Å². The standard InChI is InChI=1S/C27H25FN4O2S2/c28-20-8-10-22(11-9-20)31-12-14-32(15-13-31)26(34)16-21-17-35-27(29-21)36-18-25(33)30-24-7-3-5-19-4-1-2-6-23(19)24/h1-11,17H,12-16,18H2,(H,30,33). The van der Waals surface area contributed by atoms with Crippen LogP contribution in [0.25, 0.3) is 10.8 Å². The lowest BCUT2D eigenvalue weighted by atomic mass is 10.1.